The molecule has 4 aromatic rings. The van der Waals surface area contributed by atoms with Crippen LogP contribution in [0.3, 0.4) is 0 Å². The van der Waals surface area contributed by atoms with Crippen molar-refractivity contribution >= 4 is 34.0 Å². The van der Waals surface area contributed by atoms with E-state index in [0.717, 1.165) is 30.8 Å². The van der Waals surface area contributed by atoms with Crippen LogP contribution in [0.15, 0.2) is 79.6 Å². The summed E-state index contributed by atoms with van der Waals surface area (Å²) in [4.78, 5) is 22.5. The number of carboxylic acid groups (broad SMARTS) is 1. The first-order valence-electron chi connectivity index (χ1n) is 12.0. The molecule has 4 rings (SSSR count). The normalized spacial score (nSPS) is 10.9. The van der Waals surface area contributed by atoms with E-state index in [2.05, 4.69) is 26.8 Å². The number of fused-ring (bicyclic) bond motifs is 1. The summed E-state index contributed by atoms with van der Waals surface area (Å²) in [7, 11) is 4.04. The first-order chi connectivity index (χ1) is 17.9. The summed E-state index contributed by atoms with van der Waals surface area (Å²) in [6, 6.07) is 20.4. The van der Waals surface area contributed by atoms with Gasteiger partial charge in [-0.2, -0.15) is 0 Å². The molecule has 0 unspecified atom stereocenters. The predicted molar refractivity (Wildman–Crippen MR) is 143 cm³/mol. The highest BCUT2D eigenvalue weighted by Gasteiger charge is 2.14. The number of ether oxygens (including phenoxy) is 2. The number of hydrogen-bond donors (Lipinski definition) is 1. The van der Waals surface area contributed by atoms with Crippen molar-refractivity contribution in [2.45, 2.75) is 12.8 Å². The van der Waals surface area contributed by atoms with Crippen LogP contribution in [0.4, 0.5) is 11.5 Å². The van der Waals surface area contributed by atoms with Gasteiger partial charge in [-0.3, -0.25) is 0 Å². The van der Waals surface area contributed by atoms with E-state index >= 15 is 0 Å². The molecule has 1 N–H and O–H groups in total. The standard InChI is InChI=1S/C29H30N4O4/c1-20(29(34)35)24-17-25-26(18-27(24)36-16-8-7-15-33(2)3)30-19-31-28(25)32-21-11-13-23(14-12-21)37-22-9-5-4-6-10-22/h4-6,9-14,17-19H,1,7-8,15-16H2,2-3H3,(H,34,35)(H,30,31,32)/p-1. The second-order valence-corrected chi connectivity index (χ2v) is 8.78. The quantitative estimate of drug-likeness (QED) is 0.223. The van der Waals surface area contributed by atoms with Gasteiger partial charge in [-0.1, -0.05) is 24.8 Å². The first-order valence-corrected chi connectivity index (χ1v) is 12.0. The summed E-state index contributed by atoms with van der Waals surface area (Å²) in [5, 5.41) is 15.6. The van der Waals surface area contributed by atoms with Crippen molar-refractivity contribution in [2.75, 3.05) is 32.6 Å². The Kier molecular flexibility index (Phi) is 8.33. The number of unbranched alkanes of at least 4 members (excludes halogenated alkanes) is 1. The molecule has 0 saturated carbocycles. The summed E-state index contributed by atoms with van der Waals surface area (Å²) >= 11 is 0. The molecule has 1 aromatic heterocycles. The average Bonchev–Trinajstić information content (AvgIpc) is 2.89. The number of aliphatic carboxylic acids is 1. The Morgan fingerprint density at radius 1 is 1.00 bits per heavy atom. The highest BCUT2D eigenvalue weighted by Crippen LogP contribution is 2.33. The van der Waals surface area contributed by atoms with Gasteiger partial charge in [0.05, 0.1) is 18.1 Å². The molecule has 0 spiro atoms. The molecule has 0 fully saturated rings. The molecule has 8 heteroatoms. The monoisotopic (exact) mass is 497 g/mol. The van der Waals surface area contributed by atoms with Gasteiger partial charge >= 0.3 is 0 Å². The zero-order valence-corrected chi connectivity index (χ0v) is 20.9. The molecule has 0 aliphatic carbocycles. The van der Waals surface area contributed by atoms with Crippen LogP contribution in [0, 0.1) is 0 Å². The molecule has 3 aromatic carbocycles. The Balaban J connectivity index is 1.56. The highest BCUT2D eigenvalue weighted by atomic mass is 16.5. The first kappa shape index (κ1) is 25.7. The van der Waals surface area contributed by atoms with E-state index in [4.69, 9.17) is 9.47 Å². The summed E-state index contributed by atoms with van der Waals surface area (Å²) in [6.07, 6.45) is 3.24. The van der Waals surface area contributed by atoms with Crippen molar-refractivity contribution < 1.29 is 19.4 Å². The van der Waals surface area contributed by atoms with Crippen LogP contribution in [-0.2, 0) is 4.79 Å². The Morgan fingerprint density at radius 2 is 1.73 bits per heavy atom. The molecular formula is C29H29N4O4-. The number of aromatic nitrogens is 2. The van der Waals surface area contributed by atoms with Gasteiger partial charge < -0.3 is 29.6 Å². The lowest BCUT2D eigenvalue weighted by Gasteiger charge is -2.17. The zero-order chi connectivity index (χ0) is 26.2. The van der Waals surface area contributed by atoms with Crippen LogP contribution in [0.1, 0.15) is 18.4 Å². The fraction of sp³-hybridized carbons (Fsp3) is 0.207. The smallest absolute Gasteiger partial charge is 0.141 e. The lowest BCUT2D eigenvalue weighted by atomic mass is 10.0. The van der Waals surface area contributed by atoms with Gasteiger partial charge in [0.15, 0.2) is 0 Å². The fourth-order valence-corrected chi connectivity index (χ4v) is 3.73. The van der Waals surface area contributed by atoms with Crippen molar-refractivity contribution in [1.29, 1.82) is 0 Å². The van der Waals surface area contributed by atoms with Crippen LogP contribution in [0.25, 0.3) is 16.5 Å². The predicted octanol–water partition coefficient (Wildman–Crippen LogP) is 4.65. The minimum Gasteiger partial charge on any atom is -0.545 e. The number of para-hydroxylation sites is 1. The molecule has 8 nitrogen and oxygen atoms in total. The third-order valence-corrected chi connectivity index (χ3v) is 5.66. The number of anilines is 2. The molecular weight excluding hydrogens is 468 g/mol. The maximum Gasteiger partial charge on any atom is 0.141 e. The summed E-state index contributed by atoms with van der Waals surface area (Å²) < 4.78 is 11.8. The van der Waals surface area contributed by atoms with Crippen molar-refractivity contribution in [3.05, 3.63) is 85.2 Å². The summed E-state index contributed by atoms with van der Waals surface area (Å²) in [6.45, 7) is 5.08. The number of benzene rings is 3. The van der Waals surface area contributed by atoms with Crippen LogP contribution in [-0.4, -0.2) is 48.1 Å². The molecule has 37 heavy (non-hydrogen) atoms. The van der Waals surface area contributed by atoms with Gasteiger partial charge in [0.25, 0.3) is 0 Å². The van der Waals surface area contributed by atoms with Crippen LogP contribution in [0.5, 0.6) is 17.2 Å². The molecule has 0 amide bonds. The van der Waals surface area contributed by atoms with E-state index in [1.54, 1.807) is 12.1 Å². The van der Waals surface area contributed by atoms with Gasteiger partial charge in [0, 0.05) is 28.3 Å². The number of carbonyl (C=O) groups is 1. The second kappa shape index (κ2) is 12.0. The minimum atomic E-state index is -1.36. The molecule has 0 aliphatic rings. The van der Waals surface area contributed by atoms with E-state index in [1.807, 2.05) is 68.7 Å². The lowest BCUT2D eigenvalue weighted by molar-refractivity contribution is -0.295. The van der Waals surface area contributed by atoms with Gasteiger partial charge in [-0.25, -0.2) is 9.97 Å². The van der Waals surface area contributed by atoms with E-state index in [0.29, 0.717) is 40.4 Å². The van der Waals surface area contributed by atoms with E-state index < -0.39 is 5.97 Å². The minimum absolute atomic E-state index is 0.164. The fourth-order valence-electron chi connectivity index (χ4n) is 3.73. The van der Waals surface area contributed by atoms with E-state index in [1.165, 1.54) is 6.33 Å². The van der Waals surface area contributed by atoms with Crippen molar-refractivity contribution in [3.8, 4) is 17.2 Å². The van der Waals surface area contributed by atoms with Crippen molar-refractivity contribution in [1.82, 2.24) is 14.9 Å². The molecule has 190 valence electrons. The van der Waals surface area contributed by atoms with Crippen molar-refractivity contribution in [3.63, 3.8) is 0 Å². The third-order valence-electron chi connectivity index (χ3n) is 5.66. The lowest BCUT2D eigenvalue weighted by Crippen LogP contribution is -2.23. The van der Waals surface area contributed by atoms with E-state index in [9.17, 15) is 9.90 Å². The number of hydrogen-bond acceptors (Lipinski definition) is 8. The number of carboxylic acids is 1. The third kappa shape index (κ3) is 6.83. The second-order valence-electron chi connectivity index (χ2n) is 8.78. The summed E-state index contributed by atoms with van der Waals surface area (Å²) in [5.74, 6) is 1.01. The van der Waals surface area contributed by atoms with Gasteiger partial charge in [-0.15, -0.1) is 0 Å². The average molecular weight is 498 g/mol. The largest absolute Gasteiger partial charge is 0.545 e. The SMILES string of the molecule is C=C(C(=O)[O-])c1cc2c(Nc3ccc(Oc4ccccc4)cc3)ncnc2cc1OCCCCN(C)C. The maximum atomic E-state index is 11.6. The summed E-state index contributed by atoms with van der Waals surface area (Å²) in [5.41, 5.74) is 1.56. The molecule has 0 aliphatic heterocycles. The molecule has 0 atom stereocenters. The highest BCUT2D eigenvalue weighted by molar-refractivity contribution is 6.15. The van der Waals surface area contributed by atoms with Crippen LogP contribution >= 0.6 is 0 Å². The molecule has 1 heterocycles. The Morgan fingerprint density at radius 3 is 2.43 bits per heavy atom. The number of nitrogens with zero attached hydrogens (tertiary/aromatic N) is 3. The Bertz CT molecular complexity index is 1370. The Labute approximate surface area is 216 Å². The molecule has 0 radical (unpaired) electrons. The van der Waals surface area contributed by atoms with Gasteiger partial charge in [0.1, 0.15) is 29.4 Å². The van der Waals surface area contributed by atoms with Crippen LogP contribution in [0.2, 0.25) is 0 Å². The Hall–Kier alpha value is -4.43. The topological polar surface area (TPSA) is 99.6 Å². The molecule has 0 bridgehead atoms. The maximum absolute atomic E-state index is 11.6. The number of rotatable bonds is 12. The zero-order valence-electron chi connectivity index (χ0n) is 20.9. The van der Waals surface area contributed by atoms with Crippen molar-refractivity contribution in [2.24, 2.45) is 0 Å². The molecule has 0 saturated heterocycles. The van der Waals surface area contributed by atoms with Crippen LogP contribution < -0.4 is 19.9 Å². The van der Waals surface area contributed by atoms with Gasteiger partial charge in [0.2, 0.25) is 0 Å². The number of nitrogens with one attached hydrogen (secondary N) is 1. The van der Waals surface area contributed by atoms with E-state index in [-0.39, 0.29) is 5.57 Å². The number of carbonyl (C=O) groups excluding carboxylic acids is 1. The van der Waals surface area contributed by atoms with Gasteiger partial charge in [-0.05, 0) is 75.9 Å².